The van der Waals surface area contributed by atoms with Crippen LogP contribution in [0.25, 0.3) is 0 Å². The topological polar surface area (TPSA) is 42.2 Å². The second kappa shape index (κ2) is 9.64. The Hall–Kier alpha value is -2.10. The molecule has 1 aromatic heterocycles. The second-order valence-electron chi connectivity index (χ2n) is 11.1. The molecule has 0 bridgehead atoms. The molecule has 178 valence electrons. The highest BCUT2D eigenvalue weighted by Gasteiger charge is 2.42. The van der Waals surface area contributed by atoms with Crippen LogP contribution in [-0.2, 0) is 18.9 Å². The quantitative estimate of drug-likeness (QED) is 0.450. The van der Waals surface area contributed by atoms with Gasteiger partial charge in [0.05, 0.1) is 5.69 Å². The normalized spacial score (nSPS) is 27.2. The Morgan fingerprint density at radius 2 is 1.97 bits per heavy atom. The van der Waals surface area contributed by atoms with E-state index in [1.807, 2.05) is 0 Å². The van der Waals surface area contributed by atoms with Crippen LogP contribution >= 0.6 is 0 Å². The standard InChI is InChI=1S/C29H42N4/c1-4-7-26-17-28(33(3)32-26)29(13-5-2)14-12-21(18-29)19-30-25-9-6-8-23(15-25)27-16-24(20-31-27)22-10-11-22/h6,8-9,15,17,21-22,24,30H,4-5,7,10-14,16,18-20H2,1-3H3. The molecule has 0 saturated heterocycles. The van der Waals surface area contributed by atoms with Crippen molar-refractivity contribution in [2.24, 2.45) is 29.8 Å². The van der Waals surface area contributed by atoms with E-state index in [9.17, 15) is 0 Å². The average molecular weight is 447 g/mol. The molecule has 33 heavy (non-hydrogen) atoms. The molecule has 0 radical (unpaired) electrons. The van der Waals surface area contributed by atoms with E-state index in [1.165, 1.54) is 79.7 Å². The SMILES string of the molecule is CCCc1cc(C2(CCC)CCC(CNc3cccc(C4=NCC(C5CC5)C4)c3)C2)n(C)n1. The molecule has 2 saturated carbocycles. The first kappa shape index (κ1) is 22.7. The Labute approximate surface area is 200 Å². The Bertz CT molecular complexity index is 985. The van der Waals surface area contributed by atoms with Crippen LogP contribution < -0.4 is 5.32 Å². The molecule has 3 aliphatic rings. The number of aromatic nitrogens is 2. The second-order valence-corrected chi connectivity index (χ2v) is 11.1. The predicted molar refractivity (Wildman–Crippen MR) is 138 cm³/mol. The number of aliphatic imine (C=N–C) groups is 1. The molecule has 2 aliphatic carbocycles. The van der Waals surface area contributed by atoms with Gasteiger partial charge in [-0.3, -0.25) is 9.67 Å². The van der Waals surface area contributed by atoms with Gasteiger partial charge >= 0.3 is 0 Å². The molecule has 3 unspecified atom stereocenters. The molecule has 1 N–H and O–H groups in total. The monoisotopic (exact) mass is 446 g/mol. The van der Waals surface area contributed by atoms with Gasteiger partial charge < -0.3 is 5.32 Å². The highest BCUT2D eigenvalue weighted by atomic mass is 15.3. The number of nitrogens with one attached hydrogen (secondary N) is 1. The van der Waals surface area contributed by atoms with Gasteiger partial charge in [-0.2, -0.15) is 5.10 Å². The first-order chi connectivity index (χ1) is 16.1. The van der Waals surface area contributed by atoms with E-state index in [-0.39, 0.29) is 0 Å². The van der Waals surface area contributed by atoms with Crippen molar-refractivity contribution in [2.45, 2.75) is 83.5 Å². The minimum absolute atomic E-state index is 0.299. The number of anilines is 1. The summed E-state index contributed by atoms with van der Waals surface area (Å²) in [5, 5.41) is 8.64. The molecule has 0 spiro atoms. The van der Waals surface area contributed by atoms with Crippen molar-refractivity contribution in [3.05, 3.63) is 47.3 Å². The van der Waals surface area contributed by atoms with Crippen LogP contribution in [0.15, 0.2) is 35.3 Å². The van der Waals surface area contributed by atoms with Gasteiger partial charge in [-0.1, -0.05) is 38.8 Å². The van der Waals surface area contributed by atoms with Gasteiger partial charge in [0.25, 0.3) is 0 Å². The van der Waals surface area contributed by atoms with Crippen LogP contribution in [0.4, 0.5) is 5.69 Å². The molecule has 5 rings (SSSR count). The van der Waals surface area contributed by atoms with Crippen molar-refractivity contribution in [3.8, 4) is 0 Å². The summed E-state index contributed by atoms with van der Waals surface area (Å²) in [6, 6.07) is 11.4. The minimum atomic E-state index is 0.299. The fourth-order valence-electron chi connectivity index (χ4n) is 6.65. The fourth-order valence-corrected chi connectivity index (χ4v) is 6.65. The van der Waals surface area contributed by atoms with E-state index < -0.39 is 0 Å². The average Bonchev–Trinajstić information content (AvgIpc) is 3.22. The van der Waals surface area contributed by atoms with E-state index >= 15 is 0 Å². The van der Waals surface area contributed by atoms with Gasteiger partial charge in [0.15, 0.2) is 0 Å². The molecule has 4 nitrogen and oxygen atoms in total. The van der Waals surface area contributed by atoms with Crippen LogP contribution in [0.3, 0.4) is 0 Å². The maximum Gasteiger partial charge on any atom is 0.0627 e. The Morgan fingerprint density at radius 1 is 1.09 bits per heavy atom. The molecule has 2 heterocycles. The lowest BCUT2D eigenvalue weighted by Gasteiger charge is -2.29. The zero-order valence-corrected chi connectivity index (χ0v) is 20.9. The molecular formula is C29H42N4. The third-order valence-corrected chi connectivity index (χ3v) is 8.47. The molecule has 2 fully saturated rings. The van der Waals surface area contributed by atoms with E-state index in [0.717, 1.165) is 37.8 Å². The molecule has 1 aromatic carbocycles. The minimum Gasteiger partial charge on any atom is -0.385 e. The van der Waals surface area contributed by atoms with Crippen molar-refractivity contribution in [3.63, 3.8) is 0 Å². The molecule has 2 aromatic rings. The molecule has 4 heteroatoms. The van der Waals surface area contributed by atoms with E-state index in [4.69, 9.17) is 10.1 Å². The number of hydrogen-bond donors (Lipinski definition) is 1. The number of aryl methyl sites for hydroxylation is 2. The van der Waals surface area contributed by atoms with Gasteiger partial charge in [-0.15, -0.1) is 0 Å². The Balaban J connectivity index is 1.22. The van der Waals surface area contributed by atoms with Crippen LogP contribution in [0.5, 0.6) is 0 Å². The Morgan fingerprint density at radius 3 is 2.76 bits per heavy atom. The molecule has 0 amide bonds. The molecule has 1 aliphatic heterocycles. The van der Waals surface area contributed by atoms with Crippen LogP contribution in [-0.4, -0.2) is 28.6 Å². The third kappa shape index (κ3) is 4.90. The van der Waals surface area contributed by atoms with Gasteiger partial charge in [0, 0.05) is 42.6 Å². The van der Waals surface area contributed by atoms with E-state index in [2.05, 4.69) is 61.2 Å². The third-order valence-electron chi connectivity index (χ3n) is 8.47. The van der Waals surface area contributed by atoms with Crippen LogP contribution in [0.1, 0.15) is 88.6 Å². The zero-order chi connectivity index (χ0) is 22.8. The number of benzene rings is 1. The summed E-state index contributed by atoms with van der Waals surface area (Å²) in [6.45, 7) is 6.69. The lowest BCUT2D eigenvalue weighted by Crippen LogP contribution is -2.26. The van der Waals surface area contributed by atoms with Gasteiger partial charge in [0.1, 0.15) is 0 Å². The summed E-state index contributed by atoms with van der Waals surface area (Å²) in [5.41, 5.74) is 6.95. The Kier molecular flexibility index (Phi) is 6.62. The molecule has 3 atom stereocenters. The lowest BCUT2D eigenvalue weighted by atomic mass is 9.77. The summed E-state index contributed by atoms with van der Waals surface area (Å²) >= 11 is 0. The first-order valence-electron chi connectivity index (χ1n) is 13.5. The van der Waals surface area contributed by atoms with Crippen LogP contribution in [0.2, 0.25) is 0 Å². The van der Waals surface area contributed by atoms with Crippen molar-refractivity contribution >= 4 is 11.4 Å². The number of nitrogens with zero attached hydrogens (tertiary/aromatic N) is 3. The highest BCUT2D eigenvalue weighted by molar-refractivity contribution is 6.02. The van der Waals surface area contributed by atoms with Gasteiger partial charge in [-0.05, 0) is 92.9 Å². The smallest absolute Gasteiger partial charge is 0.0627 e. The highest BCUT2D eigenvalue weighted by Crippen LogP contribution is 2.47. The summed E-state index contributed by atoms with van der Waals surface area (Å²) in [6.07, 6.45) is 12.7. The van der Waals surface area contributed by atoms with Gasteiger partial charge in [0.2, 0.25) is 0 Å². The summed E-state index contributed by atoms with van der Waals surface area (Å²) in [5.74, 6) is 2.48. The maximum absolute atomic E-state index is 4.90. The summed E-state index contributed by atoms with van der Waals surface area (Å²) < 4.78 is 2.19. The van der Waals surface area contributed by atoms with Gasteiger partial charge in [-0.25, -0.2) is 0 Å². The zero-order valence-electron chi connectivity index (χ0n) is 20.9. The van der Waals surface area contributed by atoms with Crippen LogP contribution in [0, 0.1) is 17.8 Å². The number of hydrogen-bond acceptors (Lipinski definition) is 3. The van der Waals surface area contributed by atoms with E-state index in [1.54, 1.807) is 0 Å². The lowest BCUT2D eigenvalue weighted by molar-refractivity contribution is 0.358. The van der Waals surface area contributed by atoms with Crippen molar-refractivity contribution < 1.29 is 0 Å². The summed E-state index contributed by atoms with van der Waals surface area (Å²) in [7, 11) is 2.16. The van der Waals surface area contributed by atoms with Crippen molar-refractivity contribution in [1.82, 2.24) is 9.78 Å². The molecular weight excluding hydrogens is 404 g/mol. The van der Waals surface area contributed by atoms with E-state index in [0.29, 0.717) is 11.3 Å². The summed E-state index contributed by atoms with van der Waals surface area (Å²) in [4.78, 5) is 4.90. The van der Waals surface area contributed by atoms with Crippen molar-refractivity contribution in [1.29, 1.82) is 0 Å². The largest absolute Gasteiger partial charge is 0.385 e. The maximum atomic E-state index is 4.90. The predicted octanol–water partition coefficient (Wildman–Crippen LogP) is 6.54. The fraction of sp³-hybridized carbons (Fsp3) is 0.655. The number of rotatable bonds is 10. The van der Waals surface area contributed by atoms with Crippen molar-refractivity contribution in [2.75, 3.05) is 18.4 Å². The first-order valence-corrected chi connectivity index (χ1v) is 13.5.